The maximum atomic E-state index is 13.1. The molecule has 3 aromatic rings. The maximum absolute atomic E-state index is 13.1. The van der Waals surface area contributed by atoms with Crippen LogP contribution in [0.2, 0.25) is 5.02 Å². The summed E-state index contributed by atoms with van der Waals surface area (Å²) < 4.78 is 34.8. The van der Waals surface area contributed by atoms with Crippen LogP contribution in [0.15, 0.2) is 53.7 Å². The number of halogens is 1. The lowest BCUT2D eigenvalue weighted by Crippen LogP contribution is -2.17. The fourth-order valence-corrected chi connectivity index (χ4v) is 4.32. The zero-order valence-corrected chi connectivity index (χ0v) is 17.5. The van der Waals surface area contributed by atoms with Crippen molar-refractivity contribution in [2.75, 3.05) is 5.32 Å². The molecule has 0 fully saturated rings. The molecule has 0 unspecified atom stereocenters. The summed E-state index contributed by atoms with van der Waals surface area (Å²) in [5, 5.41) is 12.7. The number of carbonyl (C=O) groups is 1. The predicted molar refractivity (Wildman–Crippen MR) is 112 cm³/mol. The van der Waals surface area contributed by atoms with Crippen molar-refractivity contribution in [3.8, 4) is 11.1 Å². The van der Waals surface area contributed by atoms with E-state index in [1.165, 1.54) is 30.6 Å². The SMILES string of the molecule is [2H]C(C)(C)Nc1cc(-c2cc(C(=O)O)n(S(=O)(=O)c3ccc(C)cc3)c2)c(Cl)cn1. The molecule has 1 aromatic carbocycles. The van der Waals surface area contributed by atoms with Crippen molar-refractivity contribution in [2.45, 2.75) is 31.7 Å². The summed E-state index contributed by atoms with van der Waals surface area (Å²) >= 11 is 6.25. The Hall–Kier alpha value is -2.84. The first-order valence-corrected chi connectivity index (χ1v) is 10.4. The molecule has 9 heteroatoms. The van der Waals surface area contributed by atoms with Crippen LogP contribution in [0.5, 0.6) is 0 Å². The van der Waals surface area contributed by atoms with Crippen LogP contribution in [0.3, 0.4) is 0 Å². The number of carboxylic acid groups (broad SMARTS) is 1. The number of aryl methyl sites for hydroxylation is 1. The second kappa shape index (κ2) is 7.88. The van der Waals surface area contributed by atoms with Crippen molar-refractivity contribution in [1.29, 1.82) is 0 Å². The normalized spacial score (nSPS) is 12.5. The minimum absolute atomic E-state index is 0.0307. The number of hydrogen-bond donors (Lipinski definition) is 2. The van der Waals surface area contributed by atoms with E-state index in [2.05, 4.69) is 10.3 Å². The first-order chi connectivity index (χ1) is 13.9. The molecule has 0 atom stereocenters. The van der Waals surface area contributed by atoms with Gasteiger partial charge in [-0.05, 0) is 45.0 Å². The van der Waals surface area contributed by atoms with Crippen molar-refractivity contribution in [1.82, 2.24) is 8.96 Å². The van der Waals surface area contributed by atoms with Crippen molar-refractivity contribution in [2.24, 2.45) is 0 Å². The minimum Gasteiger partial charge on any atom is -0.477 e. The first kappa shape index (κ1) is 19.5. The summed E-state index contributed by atoms with van der Waals surface area (Å²) in [7, 11) is -4.14. The Morgan fingerprint density at radius 1 is 1.28 bits per heavy atom. The van der Waals surface area contributed by atoms with Crippen LogP contribution >= 0.6 is 11.6 Å². The summed E-state index contributed by atoms with van der Waals surface area (Å²) in [6.45, 7) is 5.09. The van der Waals surface area contributed by atoms with E-state index in [1.54, 1.807) is 32.0 Å². The molecule has 0 bridgehead atoms. The van der Waals surface area contributed by atoms with Crippen LogP contribution in [-0.4, -0.2) is 34.5 Å². The molecule has 0 aliphatic carbocycles. The number of carboxylic acids is 1. The molecule has 2 heterocycles. The topological polar surface area (TPSA) is 101 Å². The highest BCUT2D eigenvalue weighted by Crippen LogP contribution is 2.32. The molecule has 2 aromatic heterocycles. The third-order valence-electron chi connectivity index (χ3n) is 4.13. The number of nitrogens with one attached hydrogen (secondary N) is 1. The number of aromatic carboxylic acids is 1. The summed E-state index contributed by atoms with van der Waals surface area (Å²) in [4.78, 5) is 15.9. The van der Waals surface area contributed by atoms with Crippen LogP contribution in [0.1, 0.15) is 31.3 Å². The van der Waals surface area contributed by atoms with Gasteiger partial charge in [0, 0.05) is 29.5 Å². The number of hydrogen-bond acceptors (Lipinski definition) is 5. The van der Waals surface area contributed by atoms with Gasteiger partial charge in [-0.3, -0.25) is 0 Å². The smallest absolute Gasteiger partial charge is 0.353 e. The lowest BCUT2D eigenvalue weighted by Gasteiger charge is -2.11. The van der Waals surface area contributed by atoms with E-state index in [4.69, 9.17) is 13.0 Å². The Kier molecular flexibility index (Phi) is 5.29. The van der Waals surface area contributed by atoms with E-state index in [0.29, 0.717) is 16.9 Å². The van der Waals surface area contributed by atoms with E-state index in [1.807, 2.05) is 6.92 Å². The van der Waals surface area contributed by atoms with Gasteiger partial charge in [0.1, 0.15) is 11.5 Å². The highest BCUT2D eigenvalue weighted by atomic mass is 35.5. The average molecular weight is 435 g/mol. The van der Waals surface area contributed by atoms with Gasteiger partial charge < -0.3 is 10.4 Å². The molecule has 0 amide bonds. The van der Waals surface area contributed by atoms with Gasteiger partial charge in [0.2, 0.25) is 0 Å². The molecular weight excluding hydrogens is 414 g/mol. The standard InChI is InChI=1S/C20H20ClN3O4S/c1-12(2)23-19-9-16(17(21)10-22-19)14-8-18(20(25)26)24(11-14)29(27,28)15-6-4-13(3)5-7-15/h4-12H,1-3H3,(H,22,23)(H,25,26)/i12D. The monoisotopic (exact) mass is 434 g/mol. The van der Waals surface area contributed by atoms with Gasteiger partial charge in [-0.2, -0.15) is 0 Å². The maximum Gasteiger partial charge on any atom is 0.353 e. The van der Waals surface area contributed by atoms with E-state index in [0.717, 1.165) is 9.54 Å². The van der Waals surface area contributed by atoms with Crippen molar-refractivity contribution in [3.05, 3.63) is 65.1 Å². The molecular formula is C20H20ClN3O4S. The Balaban J connectivity index is 2.15. The number of benzene rings is 1. The average Bonchev–Trinajstić information content (AvgIpc) is 3.09. The molecule has 0 saturated carbocycles. The molecule has 0 aliphatic heterocycles. The second-order valence-corrected chi connectivity index (χ2v) is 8.93. The number of aromatic nitrogens is 2. The van der Waals surface area contributed by atoms with Gasteiger partial charge in [0.25, 0.3) is 10.0 Å². The fraction of sp³-hybridized carbons (Fsp3) is 0.200. The zero-order valence-electron chi connectivity index (χ0n) is 17.0. The molecule has 2 N–H and O–H groups in total. The molecule has 0 saturated heterocycles. The molecule has 0 spiro atoms. The van der Waals surface area contributed by atoms with Gasteiger partial charge in [-0.1, -0.05) is 29.3 Å². The Labute approximate surface area is 175 Å². The third-order valence-corrected chi connectivity index (χ3v) is 6.12. The van der Waals surface area contributed by atoms with Crippen LogP contribution in [0.4, 0.5) is 5.82 Å². The molecule has 7 nitrogen and oxygen atoms in total. The van der Waals surface area contributed by atoms with Crippen molar-refractivity contribution in [3.63, 3.8) is 0 Å². The van der Waals surface area contributed by atoms with E-state index >= 15 is 0 Å². The van der Waals surface area contributed by atoms with Gasteiger partial charge in [-0.15, -0.1) is 0 Å². The number of rotatable bonds is 6. The molecule has 3 rings (SSSR count). The minimum atomic E-state index is -4.14. The molecule has 152 valence electrons. The van der Waals surface area contributed by atoms with E-state index in [9.17, 15) is 18.3 Å². The van der Waals surface area contributed by atoms with Crippen LogP contribution in [0, 0.1) is 6.92 Å². The van der Waals surface area contributed by atoms with Crippen LogP contribution in [-0.2, 0) is 10.0 Å². The summed E-state index contributed by atoms with van der Waals surface area (Å²) in [5.74, 6) is -1.05. The highest BCUT2D eigenvalue weighted by Gasteiger charge is 2.25. The Bertz CT molecular complexity index is 1220. The molecule has 29 heavy (non-hydrogen) atoms. The van der Waals surface area contributed by atoms with Gasteiger partial charge >= 0.3 is 5.97 Å². The Morgan fingerprint density at radius 2 is 1.93 bits per heavy atom. The van der Waals surface area contributed by atoms with Crippen LogP contribution < -0.4 is 5.32 Å². The lowest BCUT2D eigenvalue weighted by molar-refractivity contribution is 0.0689. The summed E-state index contributed by atoms with van der Waals surface area (Å²) in [5.41, 5.74) is 1.13. The Morgan fingerprint density at radius 3 is 2.52 bits per heavy atom. The second-order valence-electron chi connectivity index (χ2n) is 6.71. The molecule has 0 radical (unpaired) electrons. The summed E-state index contributed by atoms with van der Waals surface area (Å²) in [6.07, 6.45) is 2.58. The number of pyridine rings is 1. The largest absolute Gasteiger partial charge is 0.477 e. The lowest BCUT2D eigenvalue weighted by atomic mass is 10.1. The number of anilines is 1. The fourth-order valence-electron chi connectivity index (χ4n) is 2.75. The molecule has 0 aliphatic rings. The van der Waals surface area contributed by atoms with Crippen molar-refractivity contribution < 1.29 is 19.7 Å². The van der Waals surface area contributed by atoms with Crippen molar-refractivity contribution >= 4 is 33.4 Å². The number of nitrogens with zero attached hydrogens (tertiary/aromatic N) is 2. The third kappa shape index (κ3) is 4.28. The quantitative estimate of drug-likeness (QED) is 0.600. The van der Waals surface area contributed by atoms with E-state index < -0.39 is 27.7 Å². The van der Waals surface area contributed by atoms with Gasteiger partial charge in [0.15, 0.2) is 0 Å². The van der Waals surface area contributed by atoms with Gasteiger partial charge in [-0.25, -0.2) is 22.2 Å². The highest BCUT2D eigenvalue weighted by molar-refractivity contribution is 7.90. The predicted octanol–water partition coefficient (Wildman–Crippen LogP) is 4.27. The van der Waals surface area contributed by atoms with E-state index in [-0.39, 0.29) is 9.92 Å². The first-order valence-electron chi connectivity index (χ1n) is 9.10. The zero-order chi connectivity index (χ0) is 22.3. The summed E-state index contributed by atoms with van der Waals surface area (Å²) in [6, 6.07) is 7.90. The van der Waals surface area contributed by atoms with Gasteiger partial charge in [0.05, 0.1) is 11.3 Å². The van der Waals surface area contributed by atoms with Crippen LogP contribution in [0.25, 0.3) is 11.1 Å².